The van der Waals surface area contributed by atoms with E-state index in [1.165, 1.54) is 52.8 Å². The molecular weight excluding hydrogens is 591 g/mol. The van der Waals surface area contributed by atoms with Crippen molar-refractivity contribution in [2.45, 2.75) is 34.6 Å². The first-order valence-electron chi connectivity index (χ1n) is 10.5. The third-order valence-corrected chi connectivity index (χ3v) is 5.60. The fourth-order valence-corrected chi connectivity index (χ4v) is 3.79. The van der Waals surface area contributed by atoms with Crippen molar-refractivity contribution in [3.05, 3.63) is 83.3 Å². The quantitative estimate of drug-likeness (QED) is 0.0903. The predicted octanol–water partition coefficient (Wildman–Crippen LogP) is 6.80. The molecule has 1 radical (unpaired) electrons. The van der Waals surface area contributed by atoms with E-state index in [4.69, 9.17) is 14.6 Å². The maximum absolute atomic E-state index is 8.40. The molecule has 0 unspecified atom stereocenters. The molecule has 0 spiro atoms. The Morgan fingerprint density at radius 2 is 1.67 bits per heavy atom. The second-order valence-corrected chi connectivity index (χ2v) is 7.93. The van der Waals surface area contributed by atoms with Gasteiger partial charge in [0.15, 0.2) is 0 Å². The molecule has 0 atom stereocenters. The number of hydrogen-bond acceptors (Lipinski definition) is 3. The Hall–Kier alpha value is -3.01. The molecule has 4 nitrogen and oxygen atoms in total. The van der Waals surface area contributed by atoms with Crippen molar-refractivity contribution in [3.63, 3.8) is 0 Å². The molecule has 0 aliphatic heterocycles. The molecule has 0 fully saturated rings. The molecule has 5 heteroatoms. The Labute approximate surface area is 208 Å². The van der Waals surface area contributed by atoms with Crippen LogP contribution in [0.5, 0.6) is 5.75 Å². The summed E-state index contributed by atoms with van der Waals surface area (Å²) in [5.74, 6) is 1.05. The SMILES string of the molecule is CC(=[OH+])/C=C(/C)O.COc1c[c-]c(-c2nccc3c2ccc2c(C)c(C)c(C)cc23)cc1.[Ir]. The number of ketones is 1. The van der Waals surface area contributed by atoms with Gasteiger partial charge in [-0.1, -0.05) is 18.2 Å². The van der Waals surface area contributed by atoms with Gasteiger partial charge in [-0.15, -0.1) is 29.8 Å². The average Bonchev–Trinajstić information content (AvgIpc) is 2.76. The smallest absolute Gasteiger partial charge is 0.316 e. The number of rotatable bonds is 3. The van der Waals surface area contributed by atoms with Crippen molar-refractivity contribution in [1.29, 1.82) is 0 Å². The van der Waals surface area contributed by atoms with Gasteiger partial charge >= 0.3 is 5.78 Å². The predicted molar refractivity (Wildman–Crippen MR) is 133 cm³/mol. The zero-order valence-electron chi connectivity index (χ0n) is 19.8. The van der Waals surface area contributed by atoms with Crippen LogP contribution in [0.2, 0.25) is 0 Å². The van der Waals surface area contributed by atoms with Crippen molar-refractivity contribution in [2.75, 3.05) is 7.11 Å². The Balaban J connectivity index is 0.000000423. The second-order valence-electron chi connectivity index (χ2n) is 7.93. The zero-order chi connectivity index (χ0) is 23.4. The van der Waals surface area contributed by atoms with Crippen LogP contribution in [-0.2, 0) is 20.1 Å². The topological polar surface area (TPSA) is 63.8 Å². The van der Waals surface area contributed by atoms with Crippen molar-refractivity contribution in [1.82, 2.24) is 4.98 Å². The van der Waals surface area contributed by atoms with E-state index in [1.54, 1.807) is 7.11 Å². The Bertz CT molecular complexity index is 1320. The number of allylic oxidation sites excluding steroid dienone is 2. The number of aliphatic hydroxyl groups is 1. The first kappa shape index (κ1) is 26.2. The van der Waals surface area contributed by atoms with Crippen LogP contribution in [0.15, 0.2) is 60.5 Å². The minimum atomic E-state index is 0. The molecule has 1 heterocycles. The number of aromatic nitrogens is 1. The van der Waals surface area contributed by atoms with Crippen LogP contribution in [0, 0.1) is 26.8 Å². The van der Waals surface area contributed by atoms with Gasteiger partial charge in [-0.05, 0) is 77.7 Å². The van der Waals surface area contributed by atoms with Gasteiger partial charge < -0.3 is 14.8 Å². The maximum atomic E-state index is 8.40. The van der Waals surface area contributed by atoms with E-state index in [2.05, 4.69) is 56.1 Å². The molecule has 4 rings (SSSR count). The van der Waals surface area contributed by atoms with Crippen molar-refractivity contribution in [3.8, 4) is 17.0 Å². The molecule has 0 aliphatic carbocycles. The molecule has 0 aliphatic rings. The number of methoxy groups -OCH3 is 1. The Morgan fingerprint density at radius 1 is 0.970 bits per heavy atom. The van der Waals surface area contributed by atoms with E-state index >= 15 is 0 Å². The van der Waals surface area contributed by atoms with Crippen LogP contribution >= 0.6 is 0 Å². The van der Waals surface area contributed by atoms with Gasteiger partial charge in [0.1, 0.15) is 0 Å². The molecular formula is C28H29IrNO3. The van der Waals surface area contributed by atoms with Crippen molar-refractivity contribution >= 4 is 27.3 Å². The molecule has 0 saturated carbocycles. The summed E-state index contributed by atoms with van der Waals surface area (Å²) in [4.78, 5) is 13.0. The molecule has 4 aromatic rings. The number of fused-ring (bicyclic) bond motifs is 3. The third kappa shape index (κ3) is 5.87. The monoisotopic (exact) mass is 620 g/mol. The van der Waals surface area contributed by atoms with Crippen LogP contribution in [-0.4, -0.2) is 27.8 Å². The minimum absolute atomic E-state index is 0. The Kier molecular flexibility index (Phi) is 8.92. The van der Waals surface area contributed by atoms with Gasteiger partial charge in [-0.25, -0.2) is 0 Å². The molecule has 0 saturated heterocycles. The molecule has 3 aromatic carbocycles. The van der Waals surface area contributed by atoms with Crippen molar-refractivity contribution < 1.29 is 34.7 Å². The zero-order valence-corrected chi connectivity index (χ0v) is 22.2. The molecule has 33 heavy (non-hydrogen) atoms. The summed E-state index contributed by atoms with van der Waals surface area (Å²) < 4.78 is 5.24. The number of pyridine rings is 1. The van der Waals surface area contributed by atoms with E-state index in [1.807, 2.05) is 24.4 Å². The van der Waals surface area contributed by atoms with E-state index in [9.17, 15) is 0 Å². The normalized spacial score (nSPS) is 10.9. The van der Waals surface area contributed by atoms with Crippen LogP contribution in [0.3, 0.4) is 0 Å². The number of carbonyl (C=O) groups excluding carboxylic acids is 1. The van der Waals surface area contributed by atoms with Gasteiger partial charge in [0, 0.05) is 32.1 Å². The number of ether oxygens (including phenoxy) is 1. The molecule has 173 valence electrons. The van der Waals surface area contributed by atoms with E-state index < -0.39 is 0 Å². The molecule has 0 bridgehead atoms. The maximum Gasteiger partial charge on any atom is 0.316 e. The summed E-state index contributed by atoms with van der Waals surface area (Å²) >= 11 is 0. The van der Waals surface area contributed by atoms with Crippen molar-refractivity contribution in [2.24, 2.45) is 0 Å². The van der Waals surface area contributed by atoms with Crippen LogP contribution < -0.4 is 4.74 Å². The fourth-order valence-electron chi connectivity index (χ4n) is 3.79. The molecule has 1 aromatic heterocycles. The Morgan fingerprint density at radius 3 is 2.21 bits per heavy atom. The van der Waals surface area contributed by atoms with Gasteiger partial charge in [0.2, 0.25) is 0 Å². The van der Waals surface area contributed by atoms with Crippen LogP contribution in [0.25, 0.3) is 32.8 Å². The summed E-state index contributed by atoms with van der Waals surface area (Å²) in [6.45, 7) is 9.58. The summed E-state index contributed by atoms with van der Waals surface area (Å²) in [7, 11) is 1.66. The molecule has 2 N–H and O–H groups in total. The number of aliphatic hydroxyl groups excluding tert-OH is 1. The van der Waals surface area contributed by atoms with Gasteiger partial charge in [0.25, 0.3) is 0 Å². The summed E-state index contributed by atoms with van der Waals surface area (Å²) in [5, 5.41) is 13.4. The van der Waals surface area contributed by atoms with Crippen LogP contribution in [0.1, 0.15) is 30.5 Å². The van der Waals surface area contributed by atoms with E-state index in [0.29, 0.717) is 0 Å². The average molecular weight is 620 g/mol. The largest absolute Gasteiger partial charge is 0.540 e. The minimum Gasteiger partial charge on any atom is -0.540 e. The van der Waals surface area contributed by atoms with Gasteiger partial charge in [-0.2, -0.15) is 0 Å². The standard InChI is InChI=1S/C23H20NO.C5H8O2.Ir/c1-14-13-22-19(16(3)15(14)2)9-10-21-20(22)11-12-24-23(21)17-5-7-18(25-4)8-6-17;1-4(6)3-5(2)7;/h5,7-13H,1-4H3;3,6H,1-2H3;/q-1;;/p+1/b;4-3-;. The van der Waals surface area contributed by atoms with Crippen LogP contribution in [0.4, 0.5) is 0 Å². The van der Waals surface area contributed by atoms with E-state index in [-0.39, 0.29) is 31.6 Å². The number of benzene rings is 3. The first-order chi connectivity index (χ1) is 15.2. The third-order valence-electron chi connectivity index (χ3n) is 5.60. The summed E-state index contributed by atoms with van der Waals surface area (Å²) in [6, 6.07) is 17.9. The first-order valence-corrected chi connectivity index (χ1v) is 10.5. The number of nitrogens with zero attached hydrogens (tertiary/aromatic N) is 1. The van der Waals surface area contributed by atoms with E-state index in [0.717, 1.165) is 22.4 Å². The van der Waals surface area contributed by atoms with Gasteiger partial charge in [0.05, 0.1) is 25.9 Å². The summed E-state index contributed by atoms with van der Waals surface area (Å²) in [5.41, 5.74) is 5.98. The van der Waals surface area contributed by atoms with Gasteiger partial charge in [-0.3, -0.25) is 4.79 Å². The second kappa shape index (κ2) is 11.2. The molecule has 0 amide bonds. The fraction of sp³-hybridized carbons (Fsp3) is 0.214. The number of aryl methyl sites for hydroxylation is 2. The summed E-state index contributed by atoms with van der Waals surface area (Å²) in [6.07, 6.45) is 3.17. The number of hydrogen-bond donors (Lipinski definition) is 1.